The lowest BCUT2D eigenvalue weighted by Crippen LogP contribution is -1.95. The van der Waals surface area contributed by atoms with Crippen molar-refractivity contribution in [3.8, 4) is 11.4 Å². The van der Waals surface area contributed by atoms with E-state index < -0.39 is 0 Å². The van der Waals surface area contributed by atoms with E-state index in [1.807, 2.05) is 36.4 Å². The molecule has 19 heavy (non-hydrogen) atoms. The van der Waals surface area contributed by atoms with E-state index in [0.29, 0.717) is 18.1 Å². The van der Waals surface area contributed by atoms with E-state index >= 15 is 0 Å². The van der Waals surface area contributed by atoms with Gasteiger partial charge in [-0.15, -0.1) is 0 Å². The second kappa shape index (κ2) is 4.89. The second-order valence-electron chi connectivity index (χ2n) is 4.13. The molecular formula is C14H12N4O. The number of pyridine rings is 1. The Morgan fingerprint density at radius 3 is 2.79 bits per heavy atom. The van der Waals surface area contributed by atoms with Gasteiger partial charge in [-0.2, -0.15) is 4.98 Å². The van der Waals surface area contributed by atoms with Crippen LogP contribution in [0.15, 0.2) is 53.3 Å². The summed E-state index contributed by atoms with van der Waals surface area (Å²) in [6, 6.07) is 11.4. The van der Waals surface area contributed by atoms with E-state index in [0.717, 1.165) is 16.8 Å². The van der Waals surface area contributed by atoms with Gasteiger partial charge >= 0.3 is 0 Å². The van der Waals surface area contributed by atoms with Crippen LogP contribution in [-0.2, 0) is 6.42 Å². The molecule has 94 valence electrons. The number of nitrogen functional groups attached to an aromatic ring is 1. The highest BCUT2D eigenvalue weighted by Gasteiger charge is 2.10. The molecule has 0 atom stereocenters. The summed E-state index contributed by atoms with van der Waals surface area (Å²) in [4.78, 5) is 8.37. The van der Waals surface area contributed by atoms with Crippen LogP contribution in [0.2, 0.25) is 0 Å². The van der Waals surface area contributed by atoms with Crippen LogP contribution in [0, 0.1) is 0 Å². The molecule has 2 aromatic heterocycles. The maximum absolute atomic E-state index is 5.89. The molecule has 0 aliphatic carbocycles. The Labute approximate surface area is 110 Å². The maximum Gasteiger partial charge on any atom is 0.231 e. The highest BCUT2D eigenvalue weighted by atomic mass is 16.5. The second-order valence-corrected chi connectivity index (χ2v) is 4.13. The van der Waals surface area contributed by atoms with Crippen LogP contribution in [0.5, 0.6) is 0 Å². The molecule has 5 heteroatoms. The summed E-state index contributed by atoms with van der Waals surface area (Å²) in [6.07, 6.45) is 3.93. The Kier molecular flexibility index (Phi) is 2.94. The number of aromatic nitrogens is 3. The minimum atomic E-state index is 0.528. The highest BCUT2D eigenvalue weighted by molar-refractivity contribution is 5.52. The molecule has 3 aromatic rings. The summed E-state index contributed by atoms with van der Waals surface area (Å²) in [5.41, 5.74) is 8.42. The molecule has 1 aromatic carbocycles. The zero-order chi connectivity index (χ0) is 13.1. The van der Waals surface area contributed by atoms with Gasteiger partial charge in [-0.3, -0.25) is 4.98 Å². The van der Waals surface area contributed by atoms with Gasteiger partial charge in [0, 0.05) is 23.6 Å². The van der Waals surface area contributed by atoms with Crippen molar-refractivity contribution in [1.29, 1.82) is 0 Å². The first kappa shape index (κ1) is 11.4. The molecule has 0 bridgehead atoms. The van der Waals surface area contributed by atoms with E-state index in [2.05, 4.69) is 15.1 Å². The molecule has 0 fully saturated rings. The van der Waals surface area contributed by atoms with Crippen molar-refractivity contribution in [1.82, 2.24) is 15.1 Å². The quantitative estimate of drug-likeness (QED) is 0.724. The summed E-state index contributed by atoms with van der Waals surface area (Å²) in [5.74, 6) is 1.08. The third-order valence-corrected chi connectivity index (χ3v) is 2.78. The van der Waals surface area contributed by atoms with Gasteiger partial charge in [0.05, 0.1) is 6.42 Å². The molecule has 0 spiro atoms. The van der Waals surface area contributed by atoms with Crippen LogP contribution in [0.1, 0.15) is 11.5 Å². The molecule has 2 N–H and O–H groups in total. The Morgan fingerprint density at radius 1 is 1.11 bits per heavy atom. The van der Waals surface area contributed by atoms with Crippen LogP contribution < -0.4 is 5.73 Å². The predicted octanol–water partition coefficient (Wildman–Crippen LogP) is 2.30. The van der Waals surface area contributed by atoms with E-state index in [1.54, 1.807) is 12.4 Å². The van der Waals surface area contributed by atoms with Crippen molar-refractivity contribution < 1.29 is 4.52 Å². The third kappa shape index (κ3) is 2.44. The Morgan fingerprint density at radius 2 is 2.00 bits per heavy atom. The summed E-state index contributed by atoms with van der Waals surface area (Å²) < 4.78 is 5.23. The van der Waals surface area contributed by atoms with Crippen molar-refractivity contribution in [2.45, 2.75) is 6.42 Å². The summed E-state index contributed by atoms with van der Waals surface area (Å²) in [6.45, 7) is 0. The fourth-order valence-electron chi connectivity index (χ4n) is 1.80. The third-order valence-electron chi connectivity index (χ3n) is 2.78. The number of para-hydroxylation sites is 1. The van der Waals surface area contributed by atoms with Crippen LogP contribution in [0.4, 0.5) is 5.69 Å². The van der Waals surface area contributed by atoms with Gasteiger partial charge in [-0.1, -0.05) is 23.4 Å². The smallest absolute Gasteiger partial charge is 0.231 e. The molecule has 3 rings (SSSR count). The van der Waals surface area contributed by atoms with Gasteiger partial charge in [-0.25, -0.2) is 0 Å². The van der Waals surface area contributed by atoms with Crippen LogP contribution in [0.3, 0.4) is 0 Å². The zero-order valence-corrected chi connectivity index (χ0v) is 10.2. The highest BCUT2D eigenvalue weighted by Crippen LogP contribution is 2.18. The molecule has 2 heterocycles. The van der Waals surface area contributed by atoms with E-state index in [9.17, 15) is 0 Å². The largest absolute Gasteiger partial charge is 0.398 e. The fourth-order valence-corrected chi connectivity index (χ4v) is 1.80. The van der Waals surface area contributed by atoms with Crippen molar-refractivity contribution in [3.05, 3.63) is 60.2 Å². The molecule has 0 saturated heterocycles. The zero-order valence-electron chi connectivity index (χ0n) is 10.2. The number of nitrogens with two attached hydrogens (primary N) is 1. The standard InChI is InChI=1S/C14H12N4O/c15-12-6-2-1-4-10(12)8-13-17-14(18-19-13)11-5-3-7-16-9-11/h1-7,9H,8,15H2. The molecule has 0 radical (unpaired) electrons. The minimum absolute atomic E-state index is 0.528. The van der Waals surface area contributed by atoms with Gasteiger partial charge < -0.3 is 10.3 Å². The van der Waals surface area contributed by atoms with Crippen molar-refractivity contribution in [2.24, 2.45) is 0 Å². The van der Waals surface area contributed by atoms with Gasteiger partial charge in [0.15, 0.2) is 0 Å². The van der Waals surface area contributed by atoms with Crippen molar-refractivity contribution in [2.75, 3.05) is 5.73 Å². The average molecular weight is 252 g/mol. The molecule has 0 aliphatic rings. The number of hydrogen-bond acceptors (Lipinski definition) is 5. The first-order valence-corrected chi connectivity index (χ1v) is 5.89. The number of anilines is 1. The van der Waals surface area contributed by atoms with Gasteiger partial charge in [0.25, 0.3) is 0 Å². The predicted molar refractivity (Wildman–Crippen MR) is 71.2 cm³/mol. The monoisotopic (exact) mass is 252 g/mol. The van der Waals surface area contributed by atoms with Crippen LogP contribution in [-0.4, -0.2) is 15.1 Å². The van der Waals surface area contributed by atoms with E-state index in [-0.39, 0.29) is 0 Å². The number of benzene rings is 1. The lowest BCUT2D eigenvalue weighted by Gasteiger charge is -2.00. The number of nitrogens with zero attached hydrogens (tertiary/aromatic N) is 3. The van der Waals surface area contributed by atoms with Gasteiger partial charge in [-0.05, 0) is 23.8 Å². The Balaban J connectivity index is 1.85. The molecular weight excluding hydrogens is 240 g/mol. The fraction of sp³-hybridized carbons (Fsp3) is 0.0714. The van der Waals surface area contributed by atoms with Gasteiger partial charge in [0.1, 0.15) is 0 Å². The van der Waals surface area contributed by atoms with Gasteiger partial charge in [0.2, 0.25) is 11.7 Å². The van der Waals surface area contributed by atoms with Crippen LogP contribution in [0.25, 0.3) is 11.4 Å². The van der Waals surface area contributed by atoms with Crippen molar-refractivity contribution >= 4 is 5.69 Å². The first-order valence-electron chi connectivity index (χ1n) is 5.89. The number of rotatable bonds is 3. The molecule has 0 saturated carbocycles. The first-order chi connectivity index (χ1) is 9.33. The molecule has 5 nitrogen and oxygen atoms in total. The van der Waals surface area contributed by atoms with E-state index in [4.69, 9.17) is 10.3 Å². The SMILES string of the molecule is Nc1ccccc1Cc1nc(-c2cccnc2)no1. The topological polar surface area (TPSA) is 77.8 Å². The van der Waals surface area contributed by atoms with Crippen LogP contribution >= 0.6 is 0 Å². The molecule has 0 aliphatic heterocycles. The van der Waals surface area contributed by atoms with E-state index in [1.165, 1.54) is 0 Å². The average Bonchev–Trinajstić information content (AvgIpc) is 2.91. The summed E-state index contributed by atoms with van der Waals surface area (Å²) in [7, 11) is 0. The summed E-state index contributed by atoms with van der Waals surface area (Å²) in [5, 5.41) is 3.95. The molecule has 0 unspecified atom stereocenters. The summed E-state index contributed by atoms with van der Waals surface area (Å²) >= 11 is 0. The normalized spacial score (nSPS) is 10.5. The Hall–Kier alpha value is -2.69. The number of hydrogen-bond donors (Lipinski definition) is 1. The van der Waals surface area contributed by atoms with Crippen molar-refractivity contribution in [3.63, 3.8) is 0 Å². The lowest BCUT2D eigenvalue weighted by molar-refractivity contribution is 0.386. The lowest BCUT2D eigenvalue weighted by atomic mass is 10.1. The minimum Gasteiger partial charge on any atom is -0.398 e. The molecule has 0 amide bonds. The maximum atomic E-state index is 5.89. The Bertz CT molecular complexity index is 679.